The van der Waals surface area contributed by atoms with Crippen LogP contribution < -0.4 is 11.4 Å². The molecule has 0 aromatic carbocycles. The predicted molar refractivity (Wildman–Crippen MR) is 79.0 cm³/mol. The molecule has 12 heteroatoms. The van der Waals surface area contributed by atoms with Gasteiger partial charge in [0.15, 0.2) is 20.3 Å². The molecule has 0 aliphatic rings. The van der Waals surface area contributed by atoms with Crippen molar-refractivity contribution in [2.24, 2.45) is 5.73 Å². The molecule has 0 aliphatic heterocycles. The second kappa shape index (κ2) is 9.05. The molecule has 0 bridgehead atoms. The zero-order chi connectivity index (χ0) is 15.2. The van der Waals surface area contributed by atoms with E-state index in [4.69, 9.17) is 80.7 Å². The van der Waals surface area contributed by atoms with E-state index in [-0.39, 0.29) is 17.5 Å². The van der Waals surface area contributed by atoms with Gasteiger partial charge in [-0.1, -0.05) is 69.6 Å². The average Bonchev–Trinajstić information content (AvgIpc) is 2.28. The second-order valence-corrected chi connectivity index (χ2v) is 6.04. The Balaban J connectivity index is 0.000000459. The van der Waals surface area contributed by atoms with Crippen LogP contribution in [0.5, 0.6) is 0 Å². The molecular weight excluding hydrogens is 383 g/mol. The third-order valence-corrected chi connectivity index (χ3v) is 2.60. The molecule has 1 heterocycles. The Kier molecular flexibility index (Phi) is 9.06. The summed E-state index contributed by atoms with van der Waals surface area (Å²) in [6.45, 7) is 0. The Hall–Kier alpha value is 0.0200. The smallest absolute Gasteiger partial charge is 0.348 e. The summed E-state index contributed by atoms with van der Waals surface area (Å²) in [5.74, 6) is -0.156. The molecule has 6 nitrogen and oxygen atoms in total. The minimum atomic E-state index is -0.979. The van der Waals surface area contributed by atoms with Crippen LogP contribution in [0.2, 0.25) is 0 Å². The minimum Gasteiger partial charge on any atom is -0.385 e. The van der Waals surface area contributed by atoms with Gasteiger partial charge in [-0.3, -0.25) is 10.4 Å². The van der Waals surface area contributed by atoms with Gasteiger partial charge < -0.3 is 5.73 Å². The van der Waals surface area contributed by atoms with Crippen molar-refractivity contribution in [1.82, 2.24) is 15.0 Å². The van der Waals surface area contributed by atoms with E-state index in [1.54, 1.807) is 0 Å². The number of amidine groups is 1. The molecule has 0 aliphatic carbocycles. The highest BCUT2D eigenvalue weighted by molar-refractivity contribution is 6.53. The summed E-state index contributed by atoms with van der Waals surface area (Å²) in [4.78, 5) is 17.5. The first-order chi connectivity index (χ1) is 8.65. The largest absolute Gasteiger partial charge is 0.385 e. The van der Waals surface area contributed by atoms with Crippen molar-refractivity contribution < 1.29 is 0 Å². The minimum absolute atomic E-state index is 0.0200. The molecule has 108 valence electrons. The Morgan fingerprint density at radius 1 is 1.11 bits per heavy atom. The van der Waals surface area contributed by atoms with Gasteiger partial charge in [-0.05, 0) is 0 Å². The topological polar surface area (TPSA) is 109 Å². The van der Waals surface area contributed by atoms with Gasteiger partial charge in [0.1, 0.15) is 11.7 Å². The van der Waals surface area contributed by atoms with Crippen LogP contribution in [0.25, 0.3) is 0 Å². The first-order valence-electron chi connectivity index (χ1n) is 4.31. The van der Waals surface area contributed by atoms with Crippen molar-refractivity contribution >= 4 is 75.4 Å². The van der Waals surface area contributed by atoms with E-state index in [0.29, 0.717) is 0 Å². The SMILES string of the molecule is N=C(N)C(Cl)Cl.O=c1nc(C(Cl)Cl)nc(C(Cl)Cl)[nH]1. The Morgan fingerprint density at radius 2 is 1.58 bits per heavy atom. The monoisotopic (exact) mass is 387 g/mol. The van der Waals surface area contributed by atoms with E-state index >= 15 is 0 Å². The lowest BCUT2D eigenvalue weighted by Crippen LogP contribution is -2.18. The summed E-state index contributed by atoms with van der Waals surface area (Å²) < 4.78 is 0. The number of aromatic amines is 1. The molecule has 0 fully saturated rings. The number of H-pyrrole nitrogens is 1. The van der Waals surface area contributed by atoms with Crippen LogP contribution in [0.4, 0.5) is 0 Å². The molecule has 1 rings (SSSR count). The summed E-state index contributed by atoms with van der Waals surface area (Å²) in [6, 6.07) is 0. The van der Waals surface area contributed by atoms with Crippen molar-refractivity contribution in [2.75, 3.05) is 0 Å². The molecule has 0 radical (unpaired) electrons. The van der Waals surface area contributed by atoms with Crippen molar-refractivity contribution in [2.45, 2.75) is 14.5 Å². The number of nitrogens with one attached hydrogen (secondary N) is 2. The first kappa shape index (κ1) is 19.0. The molecule has 0 saturated carbocycles. The molecule has 4 N–H and O–H groups in total. The number of hydrogen-bond donors (Lipinski definition) is 3. The van der Waals surface area contributed by atoms with E-state index in [9.17, 15) is 4.79 Å². The lowest BCUT2D eigenvalue weighted by atomic mass is 10.6. The standard InChI is InChI=1S/C5H3Cl4N3O.C2H4Cl2N2/c6-1(7)3-10-4(2(8)9)12-5(13)11-3;3-1(4)2(5)6/h1-2H,(H,10,11,12,13);1H,(H3,5,6). The molecule has 0 saturated heterocycles. The number of alkyl halides is 6. The number of nitrogens with zero attached hydrogens (tertiary/aromatic N) is 2. The highest BCUT2D eigenvalue weighted by atomic mass is 35.5. The summed E-state index contributed by atoms with van der Waals surface area (Å²) in [5.41, 5.74) is 4.11. The number of halogens is 6. The lowest BCUT2D eigenvalue weighted by Gasteiger charge is -2.02. The summed E-state index contributed by atoms with van der Waals surface area (Å²) in [5, 5.41) is 6.46. The van der Waals surface area contributed by atoms with Gasteiger partial charge in [-0.15, -0.1) is 0 Å². The number of nitrogens with two attached hydrogens (primary N) is 1. The van der Waals surface area contributed by atoms with Gasteiger partial charge in [0.2, 0.25) is 0 Å². The summed E-state index contributed by atoms with van der Waals surface area (Å²) in [6.07, 6.45) is 0. The summed E-state index contributed by atoms with van der Waals surface area (Å²) in [7, 11) is 0. The maximum Gasteiger partial charge on any atom is 0.348 e. The predicted octanol–water partition coefficient (Wildman–Crippen LogP) is 2.84. The lowest BCUT2D eigenvalue weighted by molar-refractivity contribution is 0.846. The Morgan fingerprint density at radius 3 is 1.89 bits per heavy atom. The van der Waals surface area contributed by atoms with E-state index < -0.39 is 20.2 Å². The quantitative estimate of drug-likeness (QED) is 0.419. The molecular formula is C7H7Cl6N5O. The summed E-state index contributed by atoms with van der Waals surface area (Å²) >= 11 is 31.9. The Labute approximate surface area is 138 Å². The van der Waals surface area contributed by atoms with Crippen molar-refractivity contribution in [3.8, 4) is 0 Å². The fraction of sp³-hybridized carbons (Fsp3) is 0.429. The number of hydrogen-bond acceptors (Lipinski definition) is 4. The molecule has 19 heavy (non-hydrogen) atoms. The van der Waals surface area contributed by atoms with E-state index in [0.717, 1.165) is 0 Å². The first-order valence-corrected chi connectivity index (χ1v) is 6.93. The highest BCUT2D eigenvalue weighted by Crippen LogP contribution is 2.23. The van der Waals surface area contributed by atoms with Crippen molar-refractivity contribution in [3.63, 3.8) is 0 Å². The molecule has 0 amide bonds. The van der Waals surface area contributed by atoms with Gasteiger partial charge in [0, 0.05) is 0 Å². The van der Waals surface area contributed by atoms with E-state index in [2.05, 4.69) is 15.0 Å². The zero-order valence-corrected chi connectivity index (χ0v) is 13.4. The second-order valence-electron chi connectivity index (χ2n) is 2.75. The van der Waals surface area contributed by atoms with Crippen LogP contribution in [0.1, 0.15) is 21.3 Å². The van der Waals surface area contributed by atoms with E-state index in [1.807, 2.05) is 0 Å². The third kappa shape index (κ3) is 8.02. The third-order valence-electron chi connectivity index (χ3n) is 1.32. The zero-order valence-electron chi connectivity index (χ0n) is 8.88. The molecule has 0 atom stereocenters. The van der Waals surface area contributed by atoms with Crippen molar-refractivity contribution in [1.29, 1.82) is 5.41 Å². The van der Waals surface area contributed by atoms with Crippen LogP contribution in [0.15, 0.2) is 4.79 Å². The molecule has 0 spiro atoms. The van der Waals surface area contributed by atoms with Crippen LogP contribution in [-0.2, 0) is 0 Å². The van der Waals surface area contributed by atoms with Crippen LogP contribution >= 0.6 is 69.6 Å². The highest BCUT2D eigenvalue weighted by Gasteiger charge is 2.13. The Bertz CT molecular complexity index is 446. The van der Waals surface area contributed by atoms with Gasteiger partial charge in [-0.2, -0.15) is 4.98 Å². The van der Waals surface area contributed by atoms with Gasteiger partial charge in [0.25, 0.3) is 0 Å². The van der Waals surface area contributed by atoms with Crippen LogP contribution in [-0.4, -0.2) is 25.6 Å². The maximum atomic E-state index is 10.9. The fourth-order valence-corrected chi connectivity index (χ4v) is 1.02. The van der Waals surface area contributed by atoms with Crippen LogP contribution in [0.3, 0.4) is 0 Å². The molecule has 0 unspecified atom stereocenters. The van der Waals surface area contributed by atoms with Crippen LogP contribution in [0, 0.1) is 5.41 Å². The molecule has 1 aromatic heterocycles. The number of aromatic nitrogens is 3. The van der Waals surface area contributed by atoms with Gasteiger partial charge in [-0.25, -0.2) is 9.78 Å². The maximum absolute atomic E-state index is 10.9. The molecule has 1 aromatic rings. The fourth-order valence-electron chi connectivity index (χ4n) is 0.619. The average molecular weight is 390 g/mol. The van der Waals surface area contributed by atoms with Gasteiger partial charge >= 0.3 is 5.69 Å². The van der Waals surface area contributed by atoms with E-state index in [1.165, 1.54) is 0 Å². The van der Waals surface area contributed by atoms with Gasteiger partial charge in [0.05, 0.1) is 0 Å². The normalized spacial score (nSPS) is 10.6. The van der Waals surface area contributed by atoms with Crippen molar-refractivity contribution in [3.05, 3.63) is 22.1 Å². The number of rotatable bonds is 3.